The van der Waals surface area contributed by atoms with E-state index >= 15 is 0 Å². The fourth-order valence-electron chi connectivity index (χ4n) is 4.39. The van der Waals surface area contributed by atoms with Crippen LogP contribution in [0.3, 0.4) is 0 Å². The maximum absolute atomic E-state index is 12.7. The van der Waals surface area contributed by atoms with Crippen molar-refractivity contribution < 1.29 is 37.0 Å². The Labute approximate surface area is 238 Å². The molecule has 5 atom stereocenters. The number of benzene rings is 2. The normalized spacial score (nSPS) is 21.8. The molecule has 17 heteroatoms. The zero-order chi connectivity index (χ0) is 28.5. The Hall–Kier alpha value is -2.73. The molecule has 4 N–H and O–H groups in total. The van der Waals surface area contributed by atoms with Gasteiger partial charge in [0.15, 0.2) is 11.5 Å². The monoisotopic (exact) mass is 629 g/mol. The van der Waals surface area contributed by atoms with Gasteiger partial charge in [-0.2, -0.15) is 0 Å². The summed E-state index contributed by atoms with van der Waals surface area (Å²) in [7, 11) is -9.09. The molecule has 40 heavy (non-hydrogen) atoms. The van der Waals surface area contributed by atoms with Crippen LogP contribution in [0.15, 0.2) is 61.2 Å². The second-order valence-electron chi connectivity index (χ2n) is 8.94. The summed E-state index contributed by atoms with van der Waals surface area (Å²) in [4.78, 5) is 33.1. The van der Waals surface area contributed by atoms with E-state index < -0.39 is 21.6 Å². The predicted molar refractivity (Wildman–Crippen MR) is 146 cm³/mol. The molecule has 4 aromatic rings. The number of phosphoric acid groups is 2. The SMILES string of the molecule is Nc1ncnc2c1ncn2[C@@H]1C[C@H](COP(=O)(O)Oc2cccc(Cl)c2)[C@@H]1COP(=O)(O)Oc1cccc(Cl)c1. The smallest absolute Gasteiger partial charge is 0.404 e. The van der Waals surface area contributed by atoms with Crippen LogP contribution >= 0.6 is 38.8 Å². The molecule has 1 fully saturated rings. The lowest BCUT2D eigenvalue weighted by atomic mass is 9.70. The minimum Gasteiger partial charge on any atom is -0.404 e. The standard InChI is InChI=1S/C23H23Cl2N5O8P2/c24-15-3-1-5-17(8-15)37-39(31,32)35-10-14-7-20(30-13-29-21-22(26)27-12-28-23(21)30)19(14)11-36-40(33,34)38-18-6-2-4-16(25)9-18/h1-6,8-9,12-14,19-20H,7,10-11H2,(H,31,32)(H,33,34)(H2,26,27,28)/t14-,19+,20-/m1/s1. The second kappa shape index (κ2) is 11.6. The van der Waals surface area contributed by atoms with Gasteiger partial charge in [0.1, 0.15) is 23.3 Å². The summed E-state index contributed by atoms with van der Waals surface area (Å²) in [5.41, 5.74) is 6.77. The van der Waals surface area contributed by atoms with Crippen molar-refractivity contribution in [3.63, 3.8) is 0 Å². The zero-order valence-corrected chi connectivity index (χ0v) is 23.8. The number of nitrogens with two attached hydrogens (primary N) is 1. The Kier molecular flexibility index (Phi) is 8.37. The molecule has 0 bridgehead atoms. The van der Waals surface area contributed by atoms with E-state index in [1.807, 2.05) is 0 Å². The lowest BCUT2D eigenvalue weighted by Gasteiger charge is -2.45. The molecule has 0 amide bonds. The van der Waals surface area contributed by atoms with E-state index in [0.29, 0.717) is 27.6 Å². The van der Waals surface area contributed by atoms with Crippen molar-refractivity contribution >= 4 is 55.8 Å². The molecule has 2 heterocycles. The molecular formula is C23H23Cl2N5O8P2. The van der Waals surface area contributed by atoms with Gasteiger partial charge in [0, 0.05) is 22.0 Å². The molecule has 2 aromatic heterocycles. The van der Waals surface area contributed by atoms with E-state index in [9.17, 15) is 18.9 Å². The van der Waals surface area contributed by atoms with Gasteiger partial charge in [0.2, 0.25) is 0 Å². The third-order valence-corrected chi connectivity index (χ3v) is 8.61. The minimum atomic E-state index is -4.57. The van der Waals surface area contributed by atoms with Gasteiger partial charge >= 0.3 is 15.6 Å². The highest BCUT2D eigenvalue weighted by atomic mass is 35.5. The molecule has 212 valence electrons. The summed E-state index contributed by atoms with van der Waals surface area (Å²) in [5.74, 6) is -0.550. The first-order valence-corrected chi connectivity index (χ1v) is 15.5. The van der Waals surface area contributed by atoms with Gasteiger partial charge in [-0.25, -0.2) is 24.1 Å². The number of nitrogen functional groups attached to an aromatic ring is 1. The van der Waals surface area contributed by atoms with E-state index in [-0.39, 0.29) is 42.5 Å². The first kappa shape index (κ1) is 28.8. The second-order valence-corrected chi connectivity index (χ2v) is 12.6. The number of nitrogens with zero attached hydrogens (tertiary/aromatic N) is 4. The van der Waals surface area contributed by atoms with Crippen molar-refractivity contribution in [2.45, 2.75) is 12.5 Å². The maximum atomic E-state index is 12.7. The van der Waals surface area contributed by atoms with Crippen LogP contribution in [0.2, 0.25) is 10.0 Å². The molecule has 2 aromatic carbocycles. The average molecular weight is 630 g/mol. The summed E-state index contributed by atoms with van der Waals surface area (Å²) in [6.07, 6.45) is 3.27. The van der Waals surface area contributed by atoms with Crippen molar-refractivity contribution in [2.24, 2.45) is 11.8 Å². The number of rotatable bonds is 11. The van der Waals surface area contributed by atoms with Crippen LogP contribution < -0.4 is 14.8 Å². The number of hydrogen-bond acceptors (Lipinski definition) is 10. The topological polar surface area (TPSA) is 181 Å². The highest BCUT2D eigenvalue weighted by Gasteiger charge is 2.45. The Morgan fingerprint density at radius 1 is 0.925 bits per heavy atom. The first-order valence-electron chi connectivity index (χ1n) is 11.8. The number of anilines is 1. The number of phosphoric ester groups is 2. The molecule has 1 saturated carbocycles. The molecule has 5 rings (SSSR count). The number of halogens is 2. The number of imidazole rings is 1. The predicted octanol–water partition coefficient (Wildman–Crippen LogP) is 5.28. The van der Waals surface area contributed by atoms with Crippen LogP contribution in [-0.4, -0.2) is 42.5 Å². The van der Waals surface area contributed by atoms with Crippen LogP contribution in [0.5, 0.6) is 11.5 Å². The van der Waals surface area contributed by atoms with Gasteiger partial charge in [0.25, 0.3) is 0 Å². The highest BCUT2D eigenvalue weighted by molar-refractivity contribution is 7.48. The van der Waals surface area contributed by atoms with Gasteiger partial charge < -0.3 is 19.3 Å². The summed E-state index contributed by atoms with van der Waals surface area (Å²) in [6, 6.07) is 11.6. The number of hydrogen-bond donors (Lipinski definition) is 3. The largest absolute Gasteiger partial charge is 0.527 e. The van der Waals surface area contributed by atoms with Crippen LogP contribution in [-0.2, 0) is 18.2 Å². The maximum Gasteiger partial charge on any atom is 0.527 e. The number of fused-ring (bicyclic) bond motifs is 1. The van der Waals surface area contributed by atoms with E-state index in [2.05, 4.69) is 15.0 Å². The molecule has 1 aliphatic carbocycles. The van der Waals surface area contributed by atoms with Crippen molar-refractivity contribution in [2.75, 3.05) is 18.9 Å². The van der Waals surface area contributed by atoms with Crippen LogP contribution in [0.1, 0.15) is 12.5 Å². The van der Waals surface area contributed by atoms with Crippen LogP contribution in [0.25, 0.3) is 11.2 Å². The molecule has 0 radical (unpaired) electrons. The Morgan fingerprint density at radius 3 is 2.12 bits per heavy atom. The quantitative estimate of drug-likeness (QED) is 0.183. The first-order chi connectivity index (χ1) is 19.0. The van der Waals surface area contributed by atoms with Crippen LogP contribution in [0.4, 0.5) is 5.82 Å². The Bertz CT molecular complexity index is 1630. The van der Waals surface area contributed by atoms with E-state index in [4.69, 9.17) is 47.0 Å². The van der Waals surface area contributed by atoms with E-state index in [1.54, 1.807) is 28.8 Å². The minimum absolute atomic E-state index is 0.0514. The summed E-state index contributed by atoms with van der Waals surface area (Å²) >= 11 is 11.8. The van der Waals surface area contributed by atoms with Gasteiger partial charge in [0.05, 0.1) is 19.5 Å². The van der Waals surface area contributed by atoms with E-state index in [0.717, 1.165) is 0 Å². The van der Waals surface area contributed by atoms with Crippen LogP contribution in [0, 0.1) is 11.8 Å². The fourth-order valence-corrected chi connectivity index (χ4v) is 6.35. The molecule has 13 nitrogen and oxygen atoms in total. The zero-order valence-electron chi connectivity index (χ0n) is 20.5. The lowest BCUT2D eigenvalue weighted by Crippen LogP contribution is -2.43. The van der Waals surface area contributed by atoms with Crippen molar-refractivity contribution in [1.82, 2.24) is 19.5 Å². The molecule has 0 spiro atoms. The summed E-state index contributed by atoms with van der Waals surface area (Å²) in [6.45, 7) is -0.480. The van der Waals surface area contributed by atoms with Crippen molar-refractivity contribution in [3.8, 4) is 11.5 Å². The molecule has 0 saturated heterocycles. The Morgan fingerprint density at radius 2 is 1.52 bits per heavy atom. The highest BCUT2D eigenvalue weighted by Crippen LogP contribution is 2.52. The fraction of sp³-hybridized carbons (Fsp3) is 0.261. The number of aromatic nitrogens is 4. The van der Waals surface area contributed by atoms with Crippen molar-refractivity contribution in [1.29, 1.82) is 0 Å². The van der Waals surface area contributed by atoms with Gasteiger partial charge in [-0.1, -0.05) is 35.3 Å². The molecular weight excluding hydrogens is 607 g/mol. The van der Waals surface area contributed by atoms with E-state index in [1.165, 1.54) is 36.9 Å². The molecule has 0 aliphatic heterocycles. The van der Waals surface area contributed by atoms with Gasteiger partial charge in [-0.15, -0.1) is 0 Å². The molecule has 1 aliphatic rings. The third kappa shape index (κ3) is 6.76. The third-order valence-electron chi connectivity index (χ3n) is 6.30. The summed E-state index contributed by atoms with van der Waals surface area (Å²) < 4.78 is 47.9. The average Bonchev–Trinajstić information content (AvgIpc) is 3.27. The van der Waals surface area contributed by atoms with Gasteiger partial charge in [-0.05, 0) is 48.7 Å². The Balaban J connectivity index is 1.31. The summed E-state index contributed by atoms with van der Waals surface area (Å²) in [5, 5.41) is 0.637. The van der Waals surface area contributed by atoms with Crippen molar-refractivity contribution in [3.05, 3.63) is 71.2 Å². The molecule has 2 unspecified atom stereocenters. The lowest BCUT2D eigenvalue weighted by molar-refractivity contribution is -0.00444. The van der Waals surface area contributed by atoms with Gasteiger partial charge in [-0.3, -0.25) is 18.8 Å².